The fourth-order valence-electron chi connectivity index (χ4n) is 6.20. The Morgan fingerprint density at radius 3 is 2.57 bits per heavy atom. The van der Waals surface area contributed by atoms with Gasteiger partial charge < -0.3 is 24.8 Å². The number of benzene rings is 1. The first-order valence-corrected chi connectivity index (χ1v) is 12.6. The minimum Gasteiger partial charge on any atom is -0.493 e. The largest absolute Gasteiger partial charge is 0.493 e. The Labute approximate surface area is 207 Å². The molecule has 4 rings (SSSR count). The van der Waals surface area contributed by atoms with E-state index in [1.807, 2.05) is 6.07 Å². The minimum atomic E-state index is -0.708. The predicted molar refractivity (Wildman–Crippen MR) is 133 cm³/mol. The molecule has 9 nitrogen and oxygen atoms in total. The number of carbonyl (C=O) groups is 2. The van der Waals surface area contributed by atoms with Crippen LogP contribution in [0.1, 0.15) is 56.9 Å². The molecule has 192 valence electrons. The zero-order valence-corrected chi connectivity index (χ0v) is 21.0. The average Bonchev–Trinajstić information content (AvgIpc) is 3.22. The standard InChI is InChI=1S/C26H38N4O5/c1-30-13-12-26(19-8-9-21(34-2)22(14-19)35-3)11-10-20(15-23(26)30)28-29-25(33)27-16-17-4-6-18(7-5-17)24(31)32/h8-9,14,17-18,23H,4-7,10-13,15-16H2,1-3H3,(H,31,32)(H2,27,29,33)/b28-20+/t17-,18-,23-,26-/m0/s1. The molecule has 3 fully saturated rings. The second-order valence-electron chi connectivity index (χ2n) is 10.2. The van der Waals surface area contributed by atoms with E-state index < -0.39 is 5.97 Å². The lowest BCUT2D eigenvalue weighted by atomic mass is 9.65. The number of carboxylic acid groups (broad SMARTS) is 1. The summed E-state index contributed by atoms with van der Waals surface area (Å²) in [5, 5.41) is 16.5. The van der Waals surface area contributed by atoms with E-state index >= 15 is 0 Å². The van der Waals surface area contributed by atoms with Crippen molar-refractivity contribution in [2.24, 2.45) is 16.9 Å². The number of carboxylic acids is 1. The molecule has 0 aromatic heterocycles. The molecular formula is C26H38N4O5. The van der Waals surface area contributed by atoms with Gasteiger partial charge in [0.25, 0.3) is 0 Å². The molecule has 2 amide bonds. The van der Waals surface area contributed by atoms with Crippen LogP contribution in [0.2, 0.25) is 0 Å². The molecule has 9 heteroatoms. The van der Waals surface area contributed by atoms with Crippen LogP contribution >= 0.6 is 0 Å². The summed E-state index contributed by atoms with van der Waals surface area (Å²) in [6, 6.07) is 6.27. The number of hydrazone groups is 1. The van der Waals surface area contributed by atoms with Crippen LogP contribution in [0.4, 0.5) is 4.79 Å². The summed E-state index contributed by atoms with van der Waals surface area (Å²) in [5.41, 5.74) is 5.00. The van der Waals surface area contributed by atoms with E-state index in [9.17, 15) is 9.59 Å². The van der Waals surface area contributed by atoms with Crippen LogP contribution in [0.5, 0.6) is 11.5 Å². The van der Waals surface area contributed by atoms with Gasteiger partial charge in [-0.1, -0.05) is 6.07 Å². The zero-order valence-electron chi connectivity index (χ0n) is 21.0. The van der Waals surface area contributed by atoms with Crippen molar-refractivity contribution in [3.05, 3.63) is 23.8 Å². The first-order chi connectivity index (χ1) is 16.9. The van der Waals surface area contributed by atoms with E-state index in [-0.39, 0.29) is 17.4 Å². The van der Waals surface area contributed by atoms with Gasteiger partial charge in [0.1, 0.15) is 0 Å². The molecule has 1 aromatic rings. The molecule has 1 heterocycles. The number of urea groups is 1. The number of aliphatic carboxylic acids is 1. The fourth-order valence-corrected chi connectivity index (χ4v) is 6.20. The normalized spacial score (nSPS) is 29.9. The number of likely N-dealkylation sites (tertiary alicyclic amines) is 1. The summed E-state index contributed by atoms with van der Waals surface area (Å²) in [5.74, 6) is 0.867. The molecule has 3 aliphatic rings. The molecule has 3 N–H and O–H groups in total. The summed E-state index contributed by atoms with van der Waals surface area (Å²) in [6.07, 6.45) is 6.71. The molecule has 1 aliphatic heterocycles. The van der Waals surface area contributed by atoms with Crippen molar-refractivity contribution >= 4 is 17.7 Å². The molecule has 1 saturated heterocycles. The van der Waals surface area contributed by atoms with Gasteiger partial charge in [0.05, 0.1) is 20.1 Å². The number of amides is 2. The van der Waals surface area contributed by atoms with Gasteiger partial charge in [-0.3, -0.25) is 4.79 Å². The number of nitrogens with one attached hydrogen (secondary N) is 2. The maximum atomic E-state index is 12.3. The van der Waals surface area contributed by atoms with Crippen molar-refractivity contribution in [2.45, 2.75) is 62.8 Å². The van der Waals surface area contributed by atoms with Gasteiger partial charge in [-0.2, -0.15) is 5.10 Å². The molecule has 0 bridgehead atoms. The number of fused-ring (bicyclic) bond motifs is 1. The first-order valence-electron chi connectivity index (χ1n) is 12.6. The SMILES string of the molecule is COc1ccc([C@@]23CC/C(=N\NC(=O)NC[C@H]4CC[C@H](C(=O)O)CC4)C[C@@H]2N(C)CC3)cc1OC. The summed E-state index contributed by atoms with van der Waals surface area (Å²) < 4.78 is 11.0. The highest BCUT2D eigenvalue weighted by atomic mass is 16.5. The third-order valence-corrected chi connectivity index (χ3v) is 8.39. The lowest BCUT2D eigenvalue weighted by Crippen LogP contribution is -2.46. The van der Waals surface area contributed by atoms with Gasteiger partial charge in [-0.25, -0.2) is 10.2 Å². The Kier molecular flexibility index (Phi) is 7.84. The van der Waals surface area contributed by atoms with Gasteiger partial charge in [-0.05, 0) is 82.2 Å². The van der Waals surface area contributed by atoms with Gasteiger partial charge in [0.2, 0.25) is 0 Å². The number of ether oxygens (including phenoxy) is 2. The van der Waals surface area contributed by atoms with Crippen molar-refractivity contribution < 1.29 is 24.2 Å². The second-order valence-corrected chi connectivity index (χ2v) is 10.2. The highest BCUT2D eigenvalue weighted by Crippen LogP contribution is 2.49. The molecule has 2 atom stereocenters. The number of nitrogens with zero attached hydrogens (tertiary/aromatic N) is 2. The van der Waals surface area contributed by atoms with Crippen molar-refractivity contribution in [2.75, 3.05) is 34.4 Å². The third-order valence-electron chi connectivity index (χ3n) is 8.39. The third kappa shape index (κ3) is 5.39. The van der Waals surface area contributed by atoms with Crippen LogP contribution in [0, 0.1) is 11.8 Å². The van der Waals surface area contributed by atoms with Crippen molar-refractivity contribution in [1.29, 1.82) is 0 Å². The second kappa shape index (κ2) is 10.8. The van der Waals surface area contributed by atoms with Gasteiger partial charge in [0.15, 0.2) is 11.5 Å². The molecule has 0 radical (unpaired) electrons. The molecular weight excluding hydrogens is 448 g/mol. The lowest BCUT2D eigenvalue weighted by Gasteiger charge is -2.42. The van der Waals surface area contributed by atoms with Crippen LogP contribution in [0.15, 0.2) is 23.3 Å². The van der Waals surface area contributed by atoms with Gasteiger partial charge in [0, 0.05) is 30.1 Å². The monoisotopic (exact) mass is 486 g/mol. The van der Waals surface area contributed by atoms with E-state index in [0.29, 0.717) is 31.3 Å². The average molecular weight is 487 g/mol. The van der Waals surface area contributed by atoms with Gasteiger partial charge >= 0.3 is 12.0 Å². The van der Waals surface area contributed by atoms with Crippen LogP contribution < -0.4 is 20.2 Å². The van der Waals surface area contributed by atoms with Crippen molar-refractivity contribution in [3.63, 3.8) is 0 Å². The lowest BCUT2D eigenvalue weighted by molar-refractivity contribution is -0.143. The Hall–Kier alpha value is -2.81. The molecule has 1 aromatic carbocycles. The first kappa shape index (κ1) is 25.3. The van der Waals surface area contributed by atoms with E-state index in [1.165, 1.54) is 5.56 Å². The highest BCUT2D eigenvalue weighted by Gasteiger charge is 2.50. The minimum absolute atomic E-state index is 0.0321. The summed E-state index contributed by atoms with van der Waals surface area (Å²) in [6.45, 7) is 1.57. The number of hydrogen-bond donors (Lipinski definition) is 3. The molecule has 35 heavy (non-hydrogen) atoms. The zero-order chi connectivity index (χ0) is 25.0. The van der Waals surface area contributed by atoms with E-state index in [1.54, 1.807) is 14.2 Å². The number of hydrogen-bond acceptors (Lipinski definition) is 6. The maximum Gasteiger partial charge on any atom is 0.335 e. The number of carbonyl (C=O) groups excluding carboxylic acids is 1. The Balaban J connectivity index is 1.34. The number of rotatable bonds is 7. The summed E-state index contributed by atoms with van der Waals surface area (Å²) in [4.78, 5) is 25.8. The van der Waals surface area contributed by atoms with Crippen LogP contribution in [0.3, 0.4) is 0 Å². The van der Waals surface area contributed by atoms with E-state index in [0.717, 1.165) is 62.3 Å². The summed E-state index contributed by atoms with van der Waals surface area (Å²) in [7, 11) is 5.48. The number of methoxy groups -OCH3 is 2. The van der Waals surface area contributed by atoms with Crippen molar-refractivity contribution in [1.82, 2.24) is 15.6 Å². The predicted octanol–water partition coefficient (Wildman–Crippen LogP) is 3.38. The molecule has 2 aliphatic carbocycles. The topological polar surface area (TPSA) is 112 Å². The van der Waals surface area contributed by atoms with Crippen LogP contribution in [0.25, 0.3) is 0 Å². The van der Waals surface area contributed by atoms with Crippen molar-refractivity contribution in [3.8, 4) is 11.5 Å². The smallest absolute Gasteiger partial charge is 0.335 e. The fraction of sp³-hybridized carbons (Fsp3) is 0.654. The van der Waals surface area contributed by atoms with Crippen LogP contribution in [-0.4, -0.2) is 68.1 Å². The highest BCUT2D eigenvalue weighted by molar-refractivity contribution is 5.88. The number of likely N-dealkylation sites (N-methyl/N-ethyl adjacent to an activating group) is 1. The van der Waals surface area contributed by atoms with Crippen LogP contribution in [-0.2, 0) is 10.2 Å². The summed E-state index contributed by atoms with van der Waals surface area (Å²) >= 11 is 0. The Morgan fingerprint density at radius 1 is 1.14 bits per heavy atom. The van der Waals surface area contributed by atoms with Gasteiger partial charge in [-0.15, -0.1) is 0 Å². The molecule has 2 saturated carbocycles. The molecule has 0 unspecified atom stereocenters. The van der Waals surface area contributed by atoms with E-state index in [2.05, 4.69) is 39.9 Å². The quantitative estimate of drug-likeness (QED) is 0.510. The Bertz CT molecular complexity index is 959. The maximum absolute atomic E-state index is 12.3. The van der Waals surface area contributed by atoms with E-state index in [4.69, 9.17) is 14.6 Å². The molecule has 0 spiro atoms. The Morgan fingerprint density at radius 2 is 1.89 bits per heavy atom.